The Bertz CT molecular complexity index is 380. The number of hydrogen-bond donors (Lipinski definition) is 8. The molecule has 2 heterocycles. The van der Waals surface area contributed by atoms with E-state index >= 15 is 0 Å². The highest BCUT2D eigenvalue weighted by Crippen LogP contribution is 2.28. The van der Waals surface area contributed by atoms with Crippen molar-refractivity contribution in [3.05, 3.63) is 0 Å². The highest BCUT2D eigenvalue weighted by Gasteiger charge is 2.50. The standard InChI is InChI=1S/C12H22O11/c13-1-3-6(16)8(18)10(11(20)21-3)23-12-9(19)7(17)5(15)4(2-14)22-12/h3-20H,1-2H2/t3-,4-,5-,6-,7+,8+,9+,10+,11-,12-/m1/s1. The Morgan fingerprint density at radius 1 is 0.652 bits per heavy atom. The van der Waals surface area contributed by atoms with Crippen LogP contribution in [0.1, 0.15) is 0 Å². The summed E-state index contributed by atoms with van der Waals surface area (Å²) in [4.78, 5) is 0. The summed E-state index contributed by atoms with van der Waals surface area (Å²) in [5, 5.41) is 76.7. The van der Waals surface area contributed by atoms with Crippen molar-refractivity contribution in [2.75, 3.05) is 13.2 Å². The van der Waals surface area contributed by atoms with Crippen LogP contribution in [-0.4, -0.2) is 115 Å². The van der Waals surface area contributed by atoms with Gasteiger partial charge in [0, 0.05) is 0 Å². The molecule has 11 nitrogen and oxygen atoms in total. The summed E-state index contributed by atoms with van der Waals surface area (Å²) in [6.45, 7) is -1.33. The smallest absolute Gasteiger partial charge is 0.187 e. The highest BCUT2D eigenvalue weighted by molar-refractivity contribution is 4.93. The van der Waals surface area contributed by atoms with Crippen LogP contribution in [0.15, 0.2) is 0 Å². The lowest BCUT2D eigenvalue weighted by Gasteiger charge is -2.44. The Morgan fingerprint density at radius 2 is 1.17 bits per heavy atom. The van der Waals surface area contributed by atoms with Crippen LogP contribution in [0.5, 0.6) is 0 Å². The molecule has 0 radical (unpaired) electrons. The van der Waals surface area contributed by atoms with E-state index in [2.05, 4.69) is 0 Å². The summed E-state index contributed by atoms with van der Waals surface area (Å²) in [7, 11) is 0. The number of aliphatic hydroxyl groups excluding tert-OH is 8. The van der Waals surface area contributed by atoms with Gasteiger partial charge >= 0.3 is 0 Å². The maximum Gasteiger partial charge on any atom is 0.187 e. The molecule has 0 aromatic carbocycles. The molecular formula is C12H22O11. The van der Waals surface area contributed by atoms with Crippen molar-refractivity contribution >= 4 is 0 Å². The van der Waals surface area contributed by atoms with Crippen LogP contribution >= 0.6 is 0 Å². The minimum atomic E-state index is -1.75. The van der Waals surface area contributed by atoms with Crippen molar-refractivity contribution in [2.45, 2.75) is 61.4 Å². The maximum absolute atomic E-state index is 9.94. The fourth-order valence-corrected chi connectivity index (χ4v) is 2.55. The molecule has 0 aromatic heterocycles. The van der Waals surface area contributed by atoms with Crippen LogP contribution in [0, 0.1) is 0 Å². The van der Waals surface area contributed by atoms with Gasteiger partial charge in [-0.1, -0.05) is 0 Å². The third-order valence-electron chi connectivity index (χ3n) is 3.98. The third kappa shape index (κ3) is 3.65. The van der Waals surface area contributed by atoms with Gasteiger partial charge in [-0.3, -0.25) is 0 Å². The molecule has 2 aliphatic rings. The molecule has 10 atom stereocenters. The van der Waals surface area contributed by atoms with Gasteiger partial charge in [0.2, 0.25) is 0 Å². The van der Waals surface area contributed by atoms with Gasteiger partial charge in [0.15, 0.2) is 12.6 Å². The zero-order valence-corrected chi connectivity index (χ0v) is 12.0. The van der Waals surface area contributed by atoms with E-state index < -0.39 is 74.6 Å². The molecule has 0 saturated carbocycles. The normalized spacial score (nSPS) is 51.7. The fraction of sp³-hybridized carbons (Fsp3) is 1.00. The maximum atomic E-state index is 9.94. The van der Waals surface area contributed by atoms with E-state index in [1.54, 1.807) is 0 Å². The molecule has 0 amide bonds. The average Bonchev–Trinajstić information content (AvgIpc) is 2.54. The molecule has 0 aromatic rings. The van der Waals surface area contributed by atoms with Gasteiger partial charge in [0.05, 0.1) is 13.2 Å². The Balaban J connectivity index is 2.08. The van der Waals surface area contributed by atoms with Crippen molar-refractivity contribution in [3.8, 4) is 0 Å². The molecule has 0 bridgehead atoms. The summed E-state index contributed by atoms with van der Waals surface area (Å²) in [6.07, 6.45) is -15.6. The van der Waals surface area contributed by atoms with Gasteiger partial charge in [-0.25, -0.2) is 0 Å². The van der Waals surface area contributed by atoms with Crippen molar-refractivity contribution in [1.82, 2.24) is 0 Å². The third-order valence-corrected chi connectivity index (χ3v) is 3.98. The van der Waals surface area contributed by atoms with Gasteiger partial charge in [0.25, 0.3) is 0 Å². The Hall–Kier alpha value is -0.440. The highest BCUT2D eigenvalue weighted by atomic mass is 16.7. The molecule has 2 fully saturated rings. The molecule has 2 aliphatic heterocycles. The second kappa shape index (κ2) is 7.63. The van der Waals surface area contributed by atoms with Crippen molar-refractivity contribution in [2.24, 2.45) is 0 Å². The second-order valence-electron chi connectivity index (χ2n) is 5.53. The first kappa shape index (κ1) is 18.9. The number of rotatable bonds is 4. The monoisotopic (exact) mass is 342 g/mol. The van der Waals surface area contributed by atoms with Crippen LogP contribution in [0.3, 0.4) is 0 Å². The Morgan fingerprint density at radius 3 is 1.74 bits per heavy atom. The molecule has 2 saturated heterocycles. The van der Waals surface area contributed by atoms with E-state index in [0.29, 0.717) is 0 Å². The fourth-order valence-electron chi connectivity index (χ4n) is 2.55. The second-order valence-corrected chi connectivity index (χ2v) is 5.53. The lowest BCUT2D eigenvalue weighted by atomic mass is 9.97. The molecule has 136 valence electrons. The first-order valence-electron chi connectivity index (χ1n) is 7.08. The lowest BCUT2D eigenvalue weighted by molar-refractivity contribution is -0.361. The molecule has 0 spiro atoms. The quantitative estimate of drug-likeness (QED) is 0.243. The van der Waals surface area contributed by atoms with E-state index in [9.17, 15) is 30.6 Å². The van der Waals surface area contributed by atoms with Crippen molar-refractivity contribution < 1.29 is 55.1 Å². The Labute approximate surface area is 130 Å². The predicted molar refractivity (Wildman–Crippen MR) is 68.6 cm³/mol. The summed E-state index contributed by atoms with van der Waals surface area (Å²) < 4.78 is 15.1. The SMILES string of the molecule is OC[C@H]1O[C@H](O[C@H]2[C@@H](O)[C@H](O)[C@@H](CO)O[C@H]2O)[C@@H](O)[C@@H](O)[C@@H]1O. The zero-order valence-electron chi connectivity index (χ0n) is 12.0. The topological polar surface area (TPSA) is 190 Å². The van der Waals surface area contributed by atoms with Crippen LogP contribution in [0.25, 0.3) is 0 Å². The molecule has 23 heavy (non-hydrogen) atoms. The average molecular weight is 342 g/mol. The van der Waals surface area contributed by atoms with Crippen LogP contribution in [0.4, 0.5) is 0 Å². The van der Waals surface area contributed by atoms with Gasteiger partial charge in [-0.05, 0) is 0 Å². The summed E-state index contributed by atoms with van der Waals surface area (Å²) in [6, 6.07) is 0. The van der Waals surface area contributed by atoms with Crippen LogP contribution < -0.4 is 0 Å². The number of hydrogen-bond acceptors (Lipinski definition) is 11. The first-order valence-corrected chi connectivity index (χ1v) is 7.08. The molecule has 0 aliphatic carbocycles. The van der Waals surface area contributed by atoms with E-state index in [1.807, 2.05) is 0 Å². The van der Waals surface area contributed by atoms with Crippen molar-refractivity contribution in [1.29, 1.82) is 0 Å². The minimum absolute atomic E-state index is 0.651. The molecule has 2 rings (SSSR count). The molecule has 11 heteroatoms. The molecular weight excluding hydrogens is 320 g/mol. The summed E-state index contributed by atoms with van der Waals surface area (Å²) in [5.41, 5.74) is 0. The van der Waals surface area contributed by atoms with Gasteiger partial charge in [0.1, 0.15) is 48.8 Å². The van der Waals surface area contributed by atoms with Gasteiger partial charge in [-0.15, -0.1) is 0 Å². The molecule has 0 unspecified atom stereocenters. The van der Waals surface area contributed by atoms with Gasteiger partial charge < -0.3 is 55.1 Å². The van der Waals surface area contributed by atoms with Crippen molar-refractivity contribution in [3.63, 3.8) is 0 Å². The first-order chi connectivity index (χ1) is 10.8. The predicted octanol–water partition coefficient (Wildman–Crippen LogP) is -5.40. The van der Waals surface area contributed by atoms with E-state index in [1.165, 1.54) is 0 Å². The number of aliphatic hydroxyl groups is 8. The molecule has 8 N–H and O–H groups in total. The minimum Gasteiger partial charge on any atom is -0.394 e. The summed E-state index contributed by atoms with van der Waals surface area (Å²) >= 11 is 0. The van der Waals surface area contributed by atoms with Gasteiger partial charge in [-0.2, -0.15) is 0 Å². The summed E-state index contributed by atoms with van der Waals surface area (Å²) in [5.74, 6) is 0. The largest absolute Gasteiger partial charge is 0.394 e. The number of ether oxygens (including phenoxy) is 3. The van der Waals surface area contributed by atoms with Crippen LogP contribution in [0.2, 0.25) is 0 Å². The van der Waals surface area contributed by atoms with E-state index in [4.69, 9.17) is 24.4 Å². The zero-order chi connectivity index (χ0) is 17.3. The lowest BCUT2D eigenvalue weighted by Crippen LogP contribution is -2.64. The van der Waals surface area contributed by atoms with E-state index in [0.717, 1.165) is 0 Å². The van der Waals surface area contributed by atoms with Crippen LogP contribution in [-0.2, 0) is 14.2 Å². The van der Waals surface area contributed by atoms with E-state index in [-0.39, 0.29) is 0 Å². The Kier molecular flexibility index (Phi) is 6.27.